The van der Waals surface area contributed by atoms with Crippen LogP contribution in [0.1, 0.15) is 5.56 Å². The number of hydrogen-bond acceptors (Lipinski definition) is 3. The highest BCUT2D eigenvalue weighted by Crippen LogP contribution is 2.32. The minimum atomic E-state index is -0.177. The molecule has 1 aromatic heterocycles. The van der Waals surface area contributed by atoms with E-state index in [1.54, 1.807) is 36.4 Å². The maximum atomic E-state index is 12.0. The number of carbonyl (C=O) groups excluding carboxylic acids is 1. The second kappa shape index (κ2) is 5.01. The molecule has 4 heteroatoms. The predicted molar refractivity (Wildman–Crippen MR) is 73.2 cm³/mol. The molecular weight excluding hydrogens is 256 g/mol. The maximum absolute atomic E-state index is 12.0. The molecule has 0 bridgehead atoms. The highest BCUT2D eigenvalue weighted by molar-refractivity contribution is 6.23. The summed E-state index contributed by atoms with van der Waals surface area (Å²) in [5.41, 5.74) is 2.21. The molecule has 0 atom stereocenters. The van der Waals surface area contributed by atoms with Crippen molar-refractivity contribution in [1.29, 1.82) is 0 Å². The first-order valence-electron chi connectivity index (χ1n) is 6.01. The van der Waals surface area contributed by atoms with Gasteiger partial charge in [-0.25, -0.2) is 4.42 Å². The number of aliphatic hydroxyl groups is 1. The molecule has 0 spiro atoms. The summed E-state index contributed by atoms with van der Waals surface area (Å²) in [5, 5.41) is 9.97. The van der Waals surface area contributed by atoms with E-state index >= 15 is 0 Å². The molecule has 0 saturated carbocycles. The third-order valence-corrected chi connectivity index (χ3v) is 2.98. The van der Waals surface area contributed by atoms with E-state index in [0.29, 0.717) is 11.1 Å². The van der Waals surface area contributed by atoms with E-state index in [1.807, 2.05) is 0 Å². The van der Waals surface area contributed by atoms with Crippen LogP contribution in [-0.2, 0) is 9.53 Å². The van der Waals surface area contributed by atoms with Crippen LogP contribution in [0.5, 0.6) is 0 Å². The topological polar surface area (TPSA) is 57.8 Å². The normalized spacial score (nSPS) is 19.1. The van der Waals surface area contributed by atoms with Gasteiger partial charge in [0.15, 0.2) is 0 Å². The molecule has 4 nitrogen and oxygen atoms in total. The van der Waals surface area contributed by atoms with Gasteiger partial charge in [0.2, 0.25) is 5.78 Å². The van der Waals surface area contributed by atoms with E-state index in [9.17, 15) is 9.90 Å². The van der Waals surface area contributed by atoms with E-state index in [4.69, 9.17) is 9.15 Å². The SMILES string of the molecule is O=C1C(=Cc2cc[o+]cc2)C(O)=C1C=C1C=COC=C1. The number of allylic oxidation sites excluding steroid dienone is 6. The average molecular weight is 267 g/mol. The Balaban J connectivity index is 1.90. The maximum Gasteiger partial charge on any atom is 0.318 e. The van der Waals surface area contributed by atoms with Crippen molar-refractivity contribution in [3.63, 3.8) is 0 Å². The summed E-state index contributed by atoms with van der Waals surface area (Å²) in [4.78, 5) is 12.0. The quantitative estimate of drug-likeness (QED) is 0.659. The number of ether oxygens (including phenoxy) is 1. The molecule has 3 rings (SSSR count). The standard InChI is InChI=1S/C16H10O4/c17-15-13(9-11-1-5-19-6-2-11)16(18)14(15)10-12-3-7-20-8-4-12/h1-10H/p+1. The molecule has 98 valence electrons. The summed E-state index contributed by atoms with van der Waals surface area (Å²) >= 11 is 0. The number of Topliss-reactive ketones (excluding diaryl/α,β-unsaturated/α-hetero) is 1. The molecule has 0 aromatic carbocycles. The first-order valence-corrected chi connectivity index (χ1v) is 6.01. The van der Waals surface area contributed by atoms with Crippen molar-refractivity contribution in [3.8, 4) is 0 Å². The lowest BCUT2D eigenvalue weighted by Gasteiger charge is -2.19. The van der Waals surface area contributed by atoms with Crippen LogP contribution in [-0.4, -0.2) is 10.9 Å². The van der Waals surface area contributed by atoms with Gasteiger partial charge in [0, 0.05) is 12.1 Å². The van der Waals surface area contributed by atoms with E-state index in [1.165, 1.54) is 25.1 Å². The van der Waals surface area contributed by atoms with Crippen LogP contribution in [0.3, 0.4) is 0 Å². The van der Waals surface area contributed by atoms with Crippen molar-refractivity contribution >= 4 is 11.9 Å². The van der Waals surface area contributed by atoms with Gasteiger partial charge in [-0.05, 0) is 35.4 Å². The summed E-state index contributed by atoms with van der Waals surface area (Å²) < 4.78 is 9.80. The van der Waals surface area contributed by atoms with Gasteiger partial charge in [0.25, 0.3) is 0 Å². The summed E-state index contributed by atoms with van der Waals surface area (Å²) in [7, 11) is 0. The Morgan fingerprint density at radius 1 is 1.10 bits per heavy atom. The van der Waals surface area contributed by atoms with Crippen LogP contribution in [0, 0.1) is 0 Å². The van der Waals surface area contributed by atoms with Gasteiger partial charge in [0.1, 0.15) is 5.76 Å². The Labute approximate surface area is 115 Å². The minimum Gasteiger partial charge on any atom is -0.506 e. The van der Waals surface area contributed by atoms with E-state index in [0.717, 1.165) is 11.1 Å². The zero-order valence-corrected chi connectivity index (χ0v) is 10.4. The number of aliphatic hydroxyl groups excluding tert-OH is 1. The molecule has 0 radical (unpaired) electrons. The molecule has 2 heterocycles. The first-order chi connectivity index (χ1) is 9.75. The molecule has 2 aliphatic rings. The fraction of sp³-hybridized carbons (Fsp3) is 0. The fourth-order valence-corrected chi connectivity index (χ4v) is 1.91. The molecule has 20 heavy (non-hydrogen) atoms. The van der Waals surface area contributed by atoms with Gasteiger partial charge in [0.05, 0.1) is 23.7 Å². The number of rotatable bonds is 2. The van der Waals surface area contributed by atoms with Crippen molar-refractivity contribution in [3.05, 3.63) is 83.5 Å². The Morgan fingerprint density at radius 2 is 1.80 bits per heavy atom. The second-order valence-electron chi connectivity index (χ2n) is 4.28. The Morgan fingerprint density at radius 3 is 2.45 bits per heavy atom. The van der Waals surface area contributed by atoms with E-state index in [2.05, 4.69) is 0 Å². The van der Waals surface area contributed by atoms with Crippen molar-refractivity contribution in [2.75, 3.05) is 0 Å². The lowest BCUT2D eigenvalue weighted by molar-refractivity contribution is -0.113. The van der Waals surface area contributed by atoms with Crippen LogP contribution in [0.25, 0.3) is 6.08 Å². The van der Waals surface area contributed by atoms with E-state index < -0.39 is 0 Å². The Hall–Kier alpha value is -2.88. The monoisotopic (exact) mass is 267 g/mol. The van der Waals surface area contributed by atoms with Gasteiger partial charge in [-0.2, -0.15) is 0 Å². The third-order valence-electron chi connectivity index (χ3n) is 2.98. The van der Waals surface area contributed by atoms with Crippen LogP contribution in [0.2, 0.25) is 0 Å². The van der Waals surface area contributed by atoms with E-state index in [-0.39, 0.29) is 11.5 Å². The van der Waals surface area contributed by atoms with Crippen molar-refractivity contribution in [2.24, 2.45) is 0 Å². The highest BCUT2D eigenvalue weighted by Gasteiger charge is 2.32. The van der Waals surface area contributed by atoms with Crippen molar-refractivity contribution in [2.45, 2.75) is 0 Å². The van der Waals surface area contributed by atoms with Gasteiger partial charge in [-0.15, -0.1) is 0 Å². The number of carbonyl (C=O) groups is 1. The Kier molecular flexibility index (Phi) is 3.05. The van der Waals surface area contributed by atoms with Crippen LogP contribution in [0.15, 0.2) is 82.3 Å². The van der Waals surface area contributed by atoms with Gasteiger partial charge >= 0.3 is 12.5 Å². The zero-order chi connectivity index (χ0) is 13.9. The van der Waals surface area contributed by atoms with Crippen molar-refractivity contribution in [1.82, 2.24) is 0 Å². The average Bonchev–Trinajstić information content (AvgIpc) is 2.52. The number of hydrogen-bond donors (Lipinski definition) is 1. The highest BCUT2D eigenvalue weighted by atomic mass is 16.5. The lowest BCUT2D eigenvalue weighted by Crippen LogP contribution is -2.21. The molecule has 0 fully saturated rings. The first kappa shape index (κ1) is 12.2. The molecule has 1 N–H and O–H groups in total. The molecule has 0 saturated heterocycles. The predicted octanol–water partition coefficient (Wildman–Crippen LogP) is 3.32. The van der Waals surface area contributed by atoms with Crippen LogP contribution >= 0.6 is 0 Å². The summed E-state index contributed by atoms with van der Waals surface area (Å²) in [6.45, 7) is 0. The second-order valence-corrected chi connectivity index (χ2v) is 4.28. The molecule has 0 amide bonds. The molecular formula is C16H11O4+. The van der Waals surface area contributed by atoms with Gasteiger partial charge in [-0.1, -0.05) is 0 Å². The Bertz CT molecular complexity index is 689. The fourth-order valence-electron chi connectivity index (χ4n) is 1.91. The van der Waals surface area contributed by atoms with Gasteiger partial charge < -0.3 is 9.84 Å². The summed E-state index contributed by atoms with van der Waals surface area (Å²) in [5.74, 6) is -0.166. The molecule has 1 aliphatic heterocycles. The van der Waals surface area contributed by atoms with Crippen LogP contribution < -0.4 is 0 Å². The van der Waals surface area contributed by atoms with Gasteiger partial charge in [-0.3, -0.25) is 4.79 Å². The molecule has 1 aromatic rings. The summed E-state index contributed by atoms with van der Waals surface area (Å²) in [6.07, 6.45) is 12.7. The summed E-state index contributed by atoms with van der Waals surface area (Å²) in [6, 6.07) is 3.43. The third kappa shape index (κ3) is 2.19. The molecule has 0 unspecified atom stereocenters. The van der Waals surface area contributed by atoms with Crippen molar-refractivity contribution < 1.29 is 19.1 Å². The number of ketones is 1. The largest absolute Gasteiger partial charge is 0.506 e. The molecule has 1 aliphatic carbocycles. The zero-order valence-electron chi connectivity index (χ0n) is 10.4. The minimum absolute atomic E-state index is 0.0107. The smallest absolute Gasteiger partial charge is 0.318 e. The lowest BCUT2D eigenvalue weighted by atomic mass is 9.85. The van der Waals surface area contributed by atoms with Crippen LogP contribution in [0.4, 0.5) is 0 Å².